The Kier molecular flexibility index (Phi) is 5.76. The van der Waals surface area contributed by atoms with Gasteiger partial charge >= 0.3 is 0 Å². The van der Waals surface area contributed by atoms with E-state index < -0.39 is 57.7 Å². The molecule has 0 fully saturated rings. The van der Waals surface area contributed by atoms with Gasteiger partial charge in [0, 0.05) is 17.9 Å². The zero-order chi connectivity index (χ0) is 22.3. The number of aromatic hydroxyl groups is 1. The van der Waals surface area contributed by atoms with Crippen molar-refractivity contribution in [3.8, 4) is 16.9 Å². The molecule has 0 aliphatic heterocycles. The van der Waals surface area contributed by atoms with Crippen LogP contribution in [-0.4, -0.2) is 28.2 Å². The maximum absolute atomic E-state index is 14.3. The maximum atomic E-state index is 14.3. The number of phenols is 1. The van der Waals surface area contributed by atoms with E-state index in [1.165, 1.54) is 0 Å². The van der Waals surface area contributed by atoms with Crippen LogP contribution >= 0.6 is 11.6 Å². The van der Waals surface area contributed by atoms with Crippen molar-refractivity contribution in [3.63, 3.8) is 0 Å². The van der Waals surface area contributed by atoms with Gasteiger partial charge in [-0.05, 0) is 23.8 Å². The standard InChI is InChI=1S/C19H14ClF2NO5S2/c1-29(25,26)12-7-14(20)19(24)18(8-12)30(27,28)23-17-9-13(15(21)10-16(17)22)11-5-3-2-4-6-11/h2-10,23-24H,1H3. The van der Waals surface area contributed by atoms with Crippen LogP contribution in [0.15, 0.2) is 64.4 Å². The molecule has 0 heterocycles. The number of nitrogens with one attached hydrogen (secondary N) is 1. The second kappa shape index (κ2) is 7.86. The third-order valence-electron chi connectivity index (χ3n) is 4.11. The number of sulfone groups is 1. The highest BCUT2D eigenvalue weighted by Gasteiger charge is 2.26. The number of sulfonamides is 1. The van der Waals surface area contributed by atoms with E-state index in [1.54, 1.807) is 30.3 Å². The molecule has 30 heavy (non-hydrogen) atoms. The van der Waals surface area contributed by atoms with Gasteiger partial charge in [-0.3, -0.25) is 4.72 Å². The number of benzene rings is 3. The van der Waals surface area contributed by atoms with Crippen molar-refractivity contribution in [1.29, 1.82) is 0 Å². The van der Waals surface area contributed by atoms with Crippen molar-refractivity contribution >= 4 is 37.1 Å². The monoisotopic (exact) mass is 473 g/mol. The van der Waals surface area contributed by atoms with Gasteiger partial charge in [-0.25, -0.2) is 25.6 Å². The van der Waals surface area contributed by atoms with Gasteiger partial charge in [0.25, 0.3) is 10.0 Å². The summed E-state index contributed by atoms with van der Waals surface area (Å²) in [5.41, 5.74) is -0.294. The number of hydrogen-bond acceptors (Lipinski definition) is 5. The number of halogens is 3. The van der Waals surface area contributed by atoms with Gasteiger partial charge in [-0.1, -0.05) is 41.9 Å². The number of phenolic OH excluding ortho intramolecular Hbond substituents is 1. The van der Waals surface area contributed by atoms with Gasteiger partial charge < -0.3 is 5.11 Å². The van der Waals surface area contributed by atoms with Crippen molar-refractivity contribution < 1.29 is 30.7 Å². The van der Waals surface area contributed by atoms with E-state index in [2.05, 4.69) is 0 Å². The number of anilines is 1. The predicted octanol–water partition coefficient (Wildman–Crippen LogP) is 4.20. The van der Waals surface area contributed by atoms with Crippen LogP contribution in [-0.2, 0) is 19.9 Å². The van der Waals surface area contributed by atoms with E-state index >= 15 is 0 Å². The van der Waals surface area contributed by atoms with Crippen LogP contribution in [0.3, 0.4) is 0 Å². The first-order chi connectivity index (χ1) is 13.9. The Labute approximate surface area is 176 Å². The molecular weight excluding hydrogens is 460 g/mol. The zero-order valence-corrected chi connectivity index (χ0v) is 17.6. The van der Waals surface area contributed by atoms with Crippen LogP contribution in [0.1, 0.15) is 0 Å². The molecule has 0 saturated carbocycles. The molecule has 0 spiro atoms. The molecule has 3 aromatic carbocycles. The molecule has 0 unspecified atom stereocenters. The van der Waals surface area contributed by atoms with Gasteiger partial charge in [0.1, 0.15) is 16.5 Å². The summed E-state index contributed by atoms with van der Waals surface area (Å²) < 4.78 is 79.5. The second-order valence-corrected chi connectivity index (χ2v) is 10.4. The lowest BCUT2D eigenvalue weighted by molar-refractivity contribution is 0.458. The summed E-state index contributed by atoms with van der Waals surface area (Å²) in [4.78, 5) is -1.34. The summed E-state index contributed by atoms with van der Waals surface area (Å²) in [6, 6.07) is 11.1. The fourth-order valence-electron chi connectivity index (χ4n) is 2.63. The van der Waals surface area contributed by atoms with Crippen LogP contribution in [0.4, 0.5) is 14.5 Å². The molecule has 2 N–H and O–H groups in total. The van der Waals surface area contributed by atoms with Crippen LogP contribution < -0.4 is 4.72 Å². The summed E-state index contributed by atoms with van der Waals surface area (Å²) in [6.07, 6.45) is 0.825. The molecule has 0 bridgehead atoms. The lowest BCUT2D eigenvalue weighted by atomic mass is 10.0. The largest absolute Gasteiger partial charge is 0.505 e. The highest BCUT2D eigenvalue weighted by atomic mass is 35.5. The van der Waals surface area contributed by atoms with Crippen LogP contribution in [0, 0.1) is 11.6 Å². The third kappa shape index (κ3) is 4.40. The third-order valence-corrected chi connectivity index (χ3v) is 6.86. The minimum atomic E-state index is -4.69. The fraction of sp³-hybridized carbons (Fsp3) is 0.0526. The first kappa shape index (κ1) is 22.0. The van der Waals surface area contributed by atoms with Gasteiger partial charge in [0.15, 0.2) is 15.6 Å². The predicted molar refractivity (Wildman–Crippen MR) is 109 cm³/mol. The Morgan fingerprint density at radius 1 is 0.933 bits per heavy atom. The maximum Gasteiger partial charge on any atom is 0.265 e. The van der Waals surface area contributed by atoms with Crippen LogP contribution in [0.5, 0.6) is 5.75 Å². The quantitative estimate of drug-likeness (QED) is 0.578. The molecular formula is C19H14ClF2NO5S2. The van der Waals surface area contributed by atoms with Crippen molar-refractivity contribution in [3.05, 3.63) is 71.3 Å². The van der Waals surface area contributed by atoms with Crippen molar-refractivity contribution in [2.24, 2.45) is 0 Å². The number of hydrogen-bond donors (Lipinski definition) is 2. The zero-order valence-electron chi connectivity index (χ0n) is 15.2. The first-order valence-electron chi connectivity index (χ1n) is 8.20. The molecule has 11 heteroatoms. The fourth-order valence-corrected chi connectivity index (χ4v) is 4.92. The Hall–Kier alpha value is -2.69. The molecule has 158 valence electrons. The Morgan fingerprint density at radius 2 is 1.57 bits per heavy atom. The van der Waals surface area contributed by atoms with E-state index in [0.29, 0.717) is 17.7 Å². The Bertz CT molecular complexity index is 1350. The molecule has 0 saturated heterocycles. The molecule has 3 rings (SSSR count). The molecule has 0 atom stereocenters. The van der Waals surface area contributed by atoms with Crippen LogP contribution in [0.2, 0.25) is 5.02 Å². The SMILES string of the molecule is CS(=O)(=O)c1cc(Cl)c(O)c(S(=O)(=O)Nc2cc(-c3ccccc3)c(F)cc2F)c1. The van der Waals surface area contributed by atoms with Gasteiger partial charge in [-0.2, -0.15) is 0 Å². The van der Waals surface area contributed by atoms with Crippen molar-refractivity contribution in [2.75, 3.05) is 11.0 Å². The summed E-state index contributed by atoms with van der Waals surface area (Å²) >= 11 is 5.76. The Morgan fingerprint density at radius 3 is 2.17 bits per heavy atom. The van der Waals surface area contributed by atoms with E-state index in [4.69, 9.17) is 11.6 Å². The summed E-state index contributed by atoms with van der Waals surface area (Å²) in [5, 5.41) is 9.52. The lowest BCUT2D eigenvalue weighted by Gasteiger charge is -2.14. The minimum Gasteiger partial charge on any atom is -0.505 e. The molecule has 0 radical (unpaired) electrons. The Balaban J connectivity index is 2.12. The highest BCUT2D eigenvalue weighted by Crippen LogP contribution is 2.36. The van der Waals surface area contributed by atoms with E-state index in [1.807, 2.05) is 4.72 Å². The van der Waals surface area contributed by atoms with E-state index in [0.717, 1.165) is 18.4 Å². The molecule has 0 amide bonds. The molecule has 0 aliphatic carbocycles. The van der Waals surface area contributed by atoms with E-state index in [-0.39, 0.29) is 5.56 Å². The molecule has 0 aromatic heterocycles. The van der Waals surface area contributed by atoms with Gasteiger partial charge in [0.05, 0.1) is 15.6 Å². The van der Waals surface area contributed by atoms with Crippen LogP contribution in [0.25, 0.3) is 11.1 Å². The molecule has 0 aliphatic rings. The summed E-state index contributed by atoms with van der Waals surface area (Å²) in [7, 11) is -8.56. The topological polar surface area (TPSA) is 101 Å². The van der Waals surface area contributed by atoms with Crippen molar-refractivity contribution in [1.82, 2.24) is 0 Å². The lowest BCUT2D eigenvalue weighted by Crippen LogP contribution is -2.15. The minimum absolute atomic E-state index is 0.0677. The average molecular weight is 474 g/mol. The molecule has 6 nitrogen and oxygen atoms in total. The number of rotatable bonds is 5. The highest BCUT2D eigenvalue weighted by molar-refractivity contribution is 7.93. The molecule has 3 aromatic rings. The van der Waals surface area contributed by atoms with Gasteiger partial charge in [0.2, 0.25) is 0 Å². The smallest absolute Gasteiger partial charge is 0.265 e. The van der Waals surface area contributed by atoms with Gasteiger partial charge in [-0.15, -0.1) is 0 Å². The average Bonchev–Trinajstić information content (AvgIpc) is 2.65. The summed E-state index contributed by atoms with van der Waals surface area (Å²) in [5.74, 6) is -3.03. The first-order valence-corrected chi connectivity index (χ1v) is 12.0. The van der Waals surface area contributed by atoms with Crippen molar-refractivity contribution in [2.45, 2.75) is 9.79 Å². The summed E-state index contributed by atoms with van der Waals surface area (Å²) in [6.45, 7) is 0. The second-order valence-electron chi connectivity index (χ2n) is 6.31. The van der Waals surface area contributed by atoms with E-state index in [9.17, 15) is 30.7 Å². The normalized spacial score (nSPS) is 12.0.